The fraction of sp³-hybridized carbons (Fsp3) is 0.824. The zero-order valence-corrected chi connectivity index (χ0v) is 15.4. The van der Waals surface area contributed by atoms with Crippen LogP contribution in [0.15, 0.2) is 6.33 Å². The monoisotopic (exact) mass is 337 g/mol. The number of aromatic nitrogens is 3. The molecule has 1 aliphatic carbocycles. The standard InChI is InChI=1S/C17H31N5O2/c1-16(2,3)22-14(19-13-20-22)11-18-15(23)21(4)12-17(24)9-7-5-6-8-10-17/h13,24H,5-12H2,1-4H3,(H,18,23). The molecular formula is C17H31N5O2. The van der Waals surface area contributed by atoms with Gasteiger partial charge in [0.05, 0.1) is 24.2 Å². The molecule has 0 spiro atoms. The maximum absolute atomic E-state index is 12.3. The highest BCUT2D eigenvalue weighted by Gasteiger charge is 2.30. The van der Waals surface area contributed by atoms with Crippen LogP contribution in [0.1, 0.15) is 65.1 Å². The molecule has 2 rings (SSSR count). The van der Waals surface area contributed by atoms with Gasteiger partial charge in [-0.15, -0.1) is 0 Å². The fourth-order valence-corrected chi connectivity index (χ4v) is 3.29. The molecule has 0 unspecified atom stereocenters. The number of amides is 2. The van der Waals surface area contributed by atoms with E-state index in [1.54, 1.807) is 11.9 Å². The van der Waals surface area contributed by atoms with E-state index in [2.05, 4.69) is 15.4 Å². The molecule has 1 aromatic rings. The van der Waals surface area contributed by atoms with Crippen LogP contribution >= 0.6 is 0 Å². The Morgan fingerprint density at radius 1 is 1.33 bits per heavy atom. The van der Waals surface area contributed by atoms with E-state index in [1.807, 2.05) is 25.5 Å². The number of hydrogen-bond acceptors (Lipinski definition) is 4. The van der Waals surface area contributed by atoms with Gasteiger partial charge in [0.1, 0.15) is 12.2 Å². The second-order valence-corrected chi connectivity index (χ2v) is 7.91. The van der Waals surface area contributed by atoms with Crippen LogP contribution in [-0.4, -0.2) is 50.0 Å². The first kappa shape index (κ1) is 18.7. The summed E-state index contributed by atoms with van der Waals surface area (Å²) in [6.07, 6.45) is 7.43. The minimum Gasteiger partial charge on any atom is -0.388 e. The van der Waals surface area contributed by atoms with Crippen molar-refractivity contribution in [2.45, 2.75) is 77.0 Å². The second-order valence-electron chi connectivity index (χ2n) is 7.91. The zero-order valence-electron chi connectivity index (χ0n) is 15.4. The Morgan fingerprint density at radius 3 is 2.54 bits per heavy atom. The Kier molecular flexibility index (Phi) is 5.85. The molecule has 7 nitrogen and oxygen atoms in total. The molecule has 0 saturated heterocycles. The second kappa shape index (κ2) is 7.51. The van der Waals surface area contributed by atoms with Gasteiger partial charge in [-0.1, -0.05) is 25.7 Å². The summed E-state index contributed by atoms with van der Waals surface area (Å²) in [5, 5.41) is 17.8. The summed E-state index contributed by atoms with van der Waals surface area (Å²) in [6.45, 7) is 6.81. The number of nitrogens with zero attached hydrogens (tertiary/aromatic N) is 4. The van der Waals surface area contributed by atoms with E-state index in [-0.39, 0.29) is 11.6 Å². The maximum atomic E-state index is 12.3. The van der Waals surface area contributed by atoms with Gasteiger partial charge in [-0.2, -0.15) is 5.10 Å². The highest BCUT2D eigenvalue weighted by Crippen LogP contribution is 2.27. The largest absolute Gasteiger partial charge is 0.388 e. The fourth-order valence-electron chi connectivity index (χ4n) is 3.29. The summed E-state index contributed by atoms with van der Waals surface area (Å²) in [6, 6.07) is -0.198. The highest BCUT2D eigenvalue weighted by atomic mass is 16.3. The third kappa shape index (κ3) is 4.93. The van der Waals surface area contributed by atoms with Crippen molar-refractivity contribution in [3.63, 3.8) is 0 Å². The molecule has 1 heterocycles. The minimum absolute atomic E-state index is 0.183. The molecule has 0 aromatic carbocycles. The van der Waals surface area contributed by atoms with Gasteiger partial charge in [-0.3, -0.25) is 0 Å². The van der Waals surface area contributed by atoms with E-state index in [1.165, 1.54) is 19.2 Å². The van der Waals surface area contributed by atoms with E-state index in [0.717, 1.165) is 31.5 Å². The molecule has 1 saturated carbocycles. The Labute approximate surface area is 144 Å². The molecule has 1 fully saturated rings. The van der Waals surface area contributed by atoms with Crippen molar-refractivity contribution in [1.82, 2.24) is 25.0 Å². The van der Waals surface area contributed by atoms with Crippen molar-refractivity contribution < 1.29 is 9.90 Å². The summed E-state index contributed by atoms with van der Waals surface area (Å²) >= 11 is 0. The number of carbonyl (C=O) groups is 1. The zero-order chi connectivity index (χ0) is 17.8. The molecule has 7 heteroatoms. The Hall–Kier alpha value is -1.63. The van der Waals surface area contributed by atoms with Crippen LogP contribution < -0.4 is 5.32 Å². The van der Waals surface area contributed by atoms with Gasteiger partial charge >= 0.3 is 6.03 Å². The molecular weight excluding hydrogens is 306 g/mol. The van der Waals surface area contributed by atoms with Crippen molar-refractivity contribution in [2.24, 2.45) is 0 Å². The van der Waals surface area contributed by atoms with Gasteiger partial charge in [0, 0.05) is 7.05 Å². The number of carbonyl (C=O) groups excluding carboxylic acids is 1. The number of likely N-dealkylation sites (N-methyl/N-ethyl adjacent to an activating group) is 1. The number of rotatable bonds is 4. The first-order valence-corrected chi connectivity index (χ1v) is 8.82. The van der Waals surface area contributed by atoms with E-state index in [4.69, 9.17) is 0 Å². The molecule has 0 aliphatic heterocycles. The quantitative estimate of drug-likeness (QED) is 0.826. The number of hydrogen-bond donors (Lipinski definition) is 2. The molecule has 0 bridgehead atoms. The van der Waals surface area contributed by atoms with Crippen LogP contribution in [0.5, 0.6) is 0 Å². The van der Waals surface area contributed by atoms with Gasteiger partial charge < -0.3 is 15.3 Å². The molecule has 1 aromatic heterocycles. The number of aliphatic hydroxyl groups is 1. The normalized spacial score (nSPS) is 18.0. The summed E-state index contributed by atoms with van der Waals surface area (Å²) in [5.74, 6) is 0.720. The van der Waals surface area contributed by atoms with Crippen molar-refractivity contribution in [3.8, 4) is 0 Å². The van der Waals surface area contributed by atoms with E-state index < -0.39 is 5.60 Å². The lowest BCUT2D eigenvalue weighted by atomic mass is 9.94. The lowest BCUT2D eigenvalue weighted by Gasteiger charge is -2.31. The first-order valence-electron chi connectivity index (χ1n) is 8.82. The van der Waals surface area contributed by atoms with Crippen LogP contribution in [0.3, 0.4) is 0 Å². The number of urea groups is 1. The SMILES string of the molecule is CN(CC1(O)CCCCCC1)C(=O)NCc1ncnn1C(C)(C)C. The Balaban J connectivity index is 1.89. The van der Waals surface area contributed by atoms with E-state index >= 15 is 0 Å². The average Bonchev–Trinajstić information content (AvgIpc) is 2.87. The molecule has 136 valence electrons. The number of nitrogens with one attached hydrogen (secondary N) is 1. The molecule has 0 atom stereocenters. The minimum atomic E-state index is -0.756. The van der Waals surface area contributed by atoms with E-state index in [0.29, 0.717) is 13.1 Å². The van der Waals surface area contributed by atoms with Gasteiger partial charge in [0.25, 0.3) is 0 Å². The lowest BCUT2D eigenvalue weighted by molar-refractivity contribution is 0.00459. The van der Waals surface area contributed by atoms with Crippen molar-refractivity contribution in [1.29, 1.82) is 0 Å². The van der Waals surface area contributed by atoms with Crippen molar-refractivity contribution >= 4 is 6.03 Å². The molecule has 0 radical (unpaired) electrons. The van der Waals surface area contributed by atoms with Gasteiger partial charge in [-0.05, 0) is 33.6 Å². The Bertz CT molecular complexity index is 541. The van der Waals surface area contributed by atoms with Crippen molar-refractivity contribution in [2.75, 3.05) is 13.6 Å². The maximum Gasteiger partial charge on any atom is 0.317 e. The van der Waals surface area contributed by atoms with Crippen LogP contribution in [0.2, 0.25) is 0 Å². The van der Waals surface area contributed by atoms with Crippen LogP contribution in [0.25, 0.3) is 0 Å². The van der Waals surface area contributed by atoms with Crippen molar-refractivity contribution in [3.05, 3.63) is 12.2 Å². The van der Waals surface area contributed by atoms with Crippen LogP contribution in [0, 0.1) is 0 Å². The Morgan fingerprint density at radius 2 is 1.96 bits per heavy atom. The predicted molar refractivity (Wildman–Crippen MR) is 92.5 cm³/mol. The van der Waals surface area contributed by atoms with Gasteiger partial charge in [0.2, 0.25) is 0 Å². The molecule has 24 heavy (non-hydrogen) atoms. The molecule has 2 amide bonds. The first-order chi connectivity index (χ1) is 11.2. The summed E-state index contributed by atoms with van der Waals surface area (Å²) in [7, 11) is 1.73. The average molecular weight is 337 g/mol. The molecule has 1 aliphatic rings. The highest BCUT2D eigenvalue weighted by molar-refractivity contribution is 5.73. The van der Waals surface area contributed by atoms with Gasteiger partial charge in [0.15, 0.2) is 0 Å². The predicted octanol–water partition coefficient (Wildman–Crippen LogP) is 2.26. The smallest absolute Gasteiger partial charge is 0.317 e. The van der Waals surface area contributed by atoms with Crippen LogP contribution in [0.4, 0.5) is 4.79 Å². The summed E-state index contributed by atoms with van der Waals surface area (Å²) < 4.78 is 1.81. The lowest BCUT2D eigenvalue weighted by Crippen LogP contribution is -2.47. The third-order valence-corrected chi connectivity index (χ3v) is 4.56. The molecule has 2 N–H and O–H groups in total. The summed E-state index contributed by atoms with van der Waals surface area (Å²) in [5.41, 5.74) is -0.939. The summed E-state index contributed by atoms with van der Waals surface area (Å²) in [4.78, 5) is 18.1. The van der Waals surface area contributed by atoms with Crippen LogP contribution in [-0.2, 0) is 12.1 Å². The third-order valence-electron chi connectivity index (χ3n) is 4.56. The van der Waals surface area contributed by atoms with E-state index in [9.17, 15) is 9.90 Å². The van der Waals surface area contributed by atoms with Gasteiger partial charge in [-0.25, -0.2) is 14.5 Å². The topological polar surface area (TPSA) is 83.3 Å².